The molecule has 0 unspecified atom stereocenters. The maximum Gasteiger partial charge on any atom is 0.417 e. The Labute approximate surface area is 208 Å². The summed E-state index contributed by atoms with van der Waals surface area (Å²) >= 11 is 0. The first kappa shape index (κ1) is 27.5. The van der Waals surface area contributed by atoms with Crippen molar-refractivity contribution in [3.05, 3.63) is 23.8 Å². The van der Waals surface area contributed by atoms with Crippen LogP contribution in [-0.2, 0) is 25.6 Å². The molecule has 1 aliphatic carbocycles. The lowest BCUT2D eigenvalue weighted by Gasteiger charge is -2.34. The summed E-state index contributed by atoms with van der Waals surface area (Å²) < 4.78 is 109. The zero-order chi connectivity index (χ0) is 27.6. The maximum absolute atomic E-state index is 14.0. The average Bonchev–Trinajstić information content (AvgIpc) is 3.50. The van der Waals surface area contributed by atoms with Gasteiger partial charge in [-0.25, -0.2) is 13.2 Å². The smallest absolute Gasteiger partial charge is 0.417 e. The van der Waals surface area contributed by atoms with Crippen LogP contribution in [0.5, 0.6) is 0 Å². The molecule has 1 aromatic carbocycles. The molecule has 0 radical (unpaired) electrons. The van der Waals surface area contributed by atoms with Crippen molar-refractivity contribution in [3.8, 4) is 0 Å². The van der Waals surface area contributed by atoms with Crippen LogP contribution in [0.3, 0.4) is 0 Å². The number of carboxylic acid groups (broad SMARTS) is 1. The number of nitrogens with zero attached hydrogens (tertiary/aromatic N) is 3. The second-order valence-electron chi connectivity index (χ2n) is 9.76. The number of aliphatic carboxylic acids is 1. The van der Waals surface area contributed by atoms with Gasteiger partial charge in [-0.05, 0) is 44.5 Å². The molecule has 206 valence electrons. The number of alkyl halides is 6. The fourth-order valence-electron chi connectivity index (χ4n) is 4.93. The van der Waals surface area contributed by atoms with Crippen LogP contribution >= 0.6 is 0 Å². The topological polar surface area (TPSA) is 98.2 Å². The Morgan fingerprint density at radius 3 is 2.11 bits per heavy atom. The molecular weight excluding hydrogens is 532 g/mol. The summed E-state index contributed by atoms with van der Waals surface area (Å²) in [7, 11) is -3.03. The first-order chi connectivity index (χ1) is 17.0. The lowest BCUT2D eigenvalue weighted by Crippen LogP contribution is -2.48. The number of amides is 1. The predicted octanol–water partition coefficient (Wildman–Crippen LogP) is 2.63. The van der Waals surface area contributed by atoms with Crippen molar-refractivity contribution in [2.45, 2.75) is 47.8 Å². The van der Waals surface area contributed by atoms with Crippen LogP contribution in [0.4, 0.5) is 32.0 Å². The lowest BCUT2D eigenvalue weighted by molar-refractivity contribution is -0.199. The number of benzene rings is 1. The fourth-order valence-corrected chi connectivity index (χ4v) is 6.82. The molecule has 1 saturated carbocycles. The zero-order valence-electron chi connectivity index (χ0n) is 19.6. The minimum Gasteiger partial charge on any atom is -0.480 e. The van der Waals surface area contributed by atoms with E-state index in [-0.39, 0.29) is 5.69 Å². The highest BCUT2D eigenvalue weighted by Gasteiger charge is 2.70. The van der Waals surface area contributed by atoms with Crippen LogP contribution in [0, 0.1) is 5.41 Å². The van der Waals surface area contributed by atoms with Gasteiger partial charge in [0.05, 0.1) is 15.7 Å². The molecule has 1 amide bonds. The number of hydrogen-bond donors (Lipinski definition) is 1. The standard InChI is InChI=1S/C22H25F6N3O5S/c1-29-6-8-30(9-7-29)13-2-3-17(15(10-13)21(23,24)25)37(35,36)14-11-16(18(32)33)31(12-14)19(34)20(4-5-20)22(26,27)28/h2-3,10,14,16H,4-9,11-12H2,1H3,(H,32,33)/t14-,16+/m1/s1. The summed E-state index contributed by atoms with van der Waals surface area (Å²) in [5.74, 6) is -3.29. The van der Waals surface area contributed by atoms with Gasteiger partial charge in [-0.2, -0.15) is 26.3 Å². The maximum atomic E-state index is 14.0. The second-order valence-corrected chi connectivity index (χ2v) is 12.0. The number of piperazine rings is 1. The highest BCUT2D eigenvalue weighted by atomic mass is 32.2. The average molecular weight is 558 g/mol. The van der Waals surface area contributed by atoms with Gasteiger partial charge in [0.25, 0.3) is 0 Å². The van der Waals surface area contributed by atoms with Crippen LogP contribution in [0.15, 0.2) is 23.1 Å². The predicted molar refractivity (Wildman–Crippen MR) is 118 cm³/mol. The number of sulfone groups is 1. The van der Waals surface area contributed by atoms with E-state index in [0.717, 1.165) is 6.07 Å². The number of carboxylic acids is 1. The van der Waals surface area contributed by atoms with Crippen molar-refractivity contribution >= 4 is 27.4 Å². The van der Waals surface area contributed by atoms with Crippen molar-refractivity contribution in [1.29, 1.82) is 0 Å². The van der Waals surface area contributed by atoms with E-state index < -0.39 is 87.0 Å². The van der Waals surface area contributed by atoms with E-state index in [9.17, 15) is 49.5 Å². The van der Waals surface area contributed by atoms with Gasteiger partial charge in [0.2, 0.25) is 5.91 Å². The monoisotopic (exact) mass is 557 g/mol. The normalized spacial score (nSPS) is 24.8. The number of hydrogen-bond acceptors (Lipinski definition) is 6. The number of anilines is 1. The van der Waals surface area contributed by atoms with Crippen LogP contribution in [-0.4, -0.2) is 92.4 Å². The van der Waals surface area contributed by atoms with E-state index in [1.54, 1.807) is 4.90 Å². The molecule has 2 saturated heterocycles. The second kappa shape index (κ2) is 9.03. The molecule has 0 aromatic heterocycles. The first-order valence-electron chi connectivity index (χ1n) is 11.5. The molecule has 8 nitrogen and oxygen atoms in total. The Morgan fingerprint density at radius 1 is 1.03 bits per heavy atom. The van der Waals surface area contributed by atoms with Crippen LogP contribution in [0.1, 0.15) is 24.8 Å². The Morgan fingerprint density at radius 2 is 1.62 bits per heavy atom. The summed E-state index contributed by atoms with van der Waals surface area (Å²) in [6.45, 7) is 1.06. The van der Waals surface area contributed by atoms with Crippen LogP contribution in [0.25, 0.3) is 0 Å². The molecule has 2 aliphatic heterocycles. The van der Waals surface area contributed by atoms with Gasteiger partial charge in [-0.1, -0.05) is 0 Å². The molecule has 2 heterocycles. The molecular formula is C22H25F6N3O5S. The first-order valence-corrected chi connectivity index (χ1v) is 13.0. The molecule has 15 heteroatoms. The summed E-state index contributed by atoms with van der Waals surface area (Å²) in [6.07, 6.45) is -12.0. The van der Waals surface area contributed by atoms with Crippen molar-refractivity contribution in [2.75, 3.05) is 44.7 Å². The van der Waals surface area contributed by atoms with Crippen molar-refractivity contribution in [1.82, 2.24) is 9.80 Å². The molecule has 3 aliphatic rings. The molecule has 3 fully saturated rings. The third-order valence-electron chi connectivity index (χ3n) is 7.39. The molecule has 1 aromatic rings. The highest BCUT2D eigenvalue weighted by molar-refractivity contribution is 7.92. The number of carbonyl (C=O) groups excluding carboxylic acids is 1. The molecule has 1 N–H and O–H groups in total. The van der Waals surface area contributed by atoms with Crippen LogP contribution < -0.4 is 4.90 Å². The summed E-state index contributed by atoms with van der Waals surface area (Å²) in [5, 5.41) is 7.68. The largest absolute Gasteiger partial charge is 0.480 e. The van der Waals surface area contributed by atoms with E-state index >= 15 is 0 Å². The molecule has 0 spiro atoms. The van der Waals surface area contributed by atoms with Crippen molar-refractivity contribution < 1.29 is 49.5 Å². The Balaban J connectivity index is 1.67. The van der Waals surface area contributed by atoms with Gasteiger partial charge in [-0.15, -0.1) is 0 Å². The minimum absolute atomic E-state index is 0.159. The lowest BCUT2D eigenvalue weighted by atomic mass is 10.0. The van der Waals surface area contributed by atoms with Crippen LogP contribution in [0.2, 0.25) is 0 Å². The summed E-state index contributed by atoms with van der Waals surface area (Å²) in [6, 6.07) is 0.826. The number of carbonyl (C=O) groups is 2. The number of likely N-dealkylation sites (N-methyl/N-ethyl adjacent to an activating group) is 1. The van der Waals surface area contributed by atoms with E-state index in [4.69, 9.17) is 0 Å². The summed E-state index contributed by atoms with van der Waals surface area (Å²) in [5.41, 5.74) is -4.08. The number of rotatable bonds is 5. The van der Waals surface area contributed by atoms with E-state index in [1.807, 2.05) is 11.9 Å². The summed E-state index contributed by atoms with van der Waals surface area (Å²) in [4.78, 5) is 27.4. The Hall–Kier alpha value is -2.55. The molecule has 37 heavy (non-hydrogen) atoms. The fraction of sp³-hybridized carbons (Fsp3) is 0.636. The van der Waals surface area contributed by atoms with Gasteiger partial charge in [0.15, 0.2) is 9.84 Å². The van der Waals surface area contributed by atoms with Gasteiger partial charge in [-0.3, -0.25) is 4.79 Å². The van der Waals surface area contributed by atoms with Crippen molar-refractivity contribution in [3.63, 3.8) is 0 Å². The Bertz CT molecular complexity index is 1190. The number of halogens is 6. The minimum atomic E-state index is -5.08. The zero-order valence-corrected chi connectivity index (χ0v) is 20.5. The van der Waals surface area contributed by atoms with E-state index in [1.165, 1.54) is 6.07 Å². The third-order valence-corrected chi connectivity index (χ3v) is 9.58. The van der Waals surface area contributed by atoms with Gasteiger partial charge < -0.3 is 19.8 Å². The van der Waals surface area contributed by atoms with E-state index in [0.29, 0.717) is 37.1 Å². The third kappa shape index (κ3) is 4.87. The molecule has 4 rings (SSSR count). The molecule has 2 atom stereocenters. The SMILES string of the molecule is CN1CCN(c2ccc(S(=O)(=O)[C@@H]3C[C@@H](C(=O)O)N(C(=O)C4(C(F)(F)F)CC4)C3)c(C(F)(F)F)c2)CC1. The quantitative estimate of drug-likeness (QED) is 0.556. The van der Waals surface area contributed by atoms with Gasteiger partial charge in [0.1, 0.15) is 11.5 Å². The molecule has 0 bridgehead atoms. The van der Waals surface area contributed by atoms with Gasteiger partial charge >= 0.3 is 18.3 Å². The number of likely N-dealkylation sites (tertiary alicyclic amines) is 1. The highest BCUT2D eigenvalue weighted by Crippen LogP contribution is 2.59. The Kier molecular flexibility index (Phi) is 6.71. The van der Waals surface area contributed by atoms with E-state index in [2.05, 4.69) is 0 Å². The van der Waals surface area contributed by atoms with Gasteiger partial charge in [0, 0.05) is 38.4 Å². The van der Waals surface area contributed by atoms with Crippen molar-refractivity contribution in [2.24, 2.45) is 5.41 Å².